The number of nitrogens with two attached hydrogens (primary N) is 1. The molecule has 0 aromatic rings. The molecule has 9 heavy (non-hydrogen) atoms. The van der Waals surface area contributed by atoms with Crippen LogP contribution in [0.4, 0.5) is 0 Å². The Balaban J connectivity index is 2.04. The summed E-state index contributed by atoms with van der Waals surface area (Å²) >= 11 is 0. The van der Waals surface area contributed by atoms with Crippen LogP contribution in [0.3, 0.4) is 0 Å². The van der Waals surface area contributed by atoms with E-state index in [-0.39, 0.29) is 0 Å². The quantitative estimate of drug-likeness (QED) is 0.601. The zero-order valence-electron chi connectivity index (χ0n) is 6.13. The smallest absolute Gasteiger partial charge is 0.0608 e. The van der Waals surface area contributed by atoms with Gasteiger partial charge in [0.2, 0.25) is 0 Å². The Morgan fingerprint density at radius 1 is 1.44 bits per heavy atom. The second-order valence-electron chi connectivity index (χ2n) is 3.04. The van der Waals surface area contributed by atoms with E-state index < -0.39 is 0 Å². The first kappa shape index (κ1) is 7.03. The molecule has 2 heteroatoms. The van der Waals surface area contributed by atoms with Gasteiger partial charge >= 0.3 is 0 Å². The van der Waals surface area contributed by atoms with Crippen molar-refractivity contribution in [2.75, 3.05) is 0 Å². The molecule has 0 saturated heterocycles. The summed E-state index contributed by atoms with van der Waals surface area (Å²) in [5, 5.41) is 0. The van der Waals surface area contributed by atoms with E-state index in [2.05, 4.69) is 13.8 Å². The molecule has 0 amide bonds. The van der Waals surface area contributed by atoms with Gasteiger partial charge in [-0.1, -0.05) is 0 Å². The number of ether oxygens (including phenoxy) is 1. The van der Waals surface area contributed by atoms with Crippen LogP contribution in [-0.4, -0.2) is 18.2 Å². The predicted molar refractivity (Wildman–Crippen MR) is 37.2 cm³/mol. The fraction of sp³-hybridized carbons (Fsp3) is 1.00. The largest absolute Gasteiger partial charge is 0.375 e. The summed E-state index contributed by atoms with van der Waals surface area (Å²) in [5.41, 5.74) is 5.56. The normalized spacial score (nSPS) is 34.7. The van der Waals surface area contributed by atoms with Gasteiger partial charge in [0.05, 0.1) is 12.2 Å². The van der Waals surface area contributed by atoms with Crippen LogP contribution in [0.1, 0.15) is 26.7 Å². The maximum atomic E-state index is 5.56. The van der Waals surface area contributed by atoms with E-state index in [0.717, 1.165) is 12.8 Å². The van der Waals surface area contributed by atoms with Gasteiger partial charge in [-0.25, -0.2) is 0 Å². The third-order valence-electron chi connectivity index (χ3n) is 1.60. The molecule has 2 N–H and O–H groups in total. The lowest BCUT2D eigenvalue weighted by atomic mass is 9.90. The molecule has 1 fully saturated rings. The molecule has 2 nitrogen and oxygen atoms in total. The summed E-state index contributed by atoms with van der Waals surface area (Å²) in [5.74, 6) is 0. The van der Waals surface area contributed by atoms with Crippen LogP contribution in [-0.2, 0) is 4.74 Å². The Kier molecular flexibility index (Phi) is 2.09. The minimum Gasteiger partial charge on any atom is -0.375 e. The van der Waals surface area contributed by atoms with Crippen molar-refractivity contribution < 1.29 is 4.74 Å². The Labute approximate surface area is 56.4 Å². The molecule has 1 aliphatic rings. The average molecular weight is 129 g/mol. The molecule has 0 spiro atoms. The van der Waals surface area contributed by atoms with Crippen molar-refractivity contribution in [3.63, 3.8) is 0 Å². The van der Waals surface area contributed by atoms with Crippen LogP contribution in [0.2, 0.25) is 0 Å². The molecule has 0 aromatic heterocycles. The van der Waals surface area contributed by atoms with E-state index in [4.69, 9.17) is 10.5 Å². The Morgan fingerprint density at radius 2 is 2.00 bits per heavy atom. The fourth-order valence-corrected chi connectivity index (χ4v) is 1.10. The van der Waals surface area contributed by atoms with Gasteiger partial charge in [0, 0.05) is 6.04 Å². The van der Waals surface area contributed by atoms with Crippen molar-refractivity contribution in [3.8, 4) is 0 Å². The predicted octanol–water partition coefficient (Wildman–Crippen LogP) is 0.901. The zero-order valence-corrected chi connectivity index (χ0v) is 6.13. The maximum Gasteiger partial charge on any atom is 0.0608 e. The van der Waals surface area contributed by atoms with Crippen LogP contribution >= 0.6 is 0 Å². The molecule has 0 unspecified atom stereocenters. The number of rotatable bonds is 2. The summed E-state index contributed by atoms with van der Waals surface area (Å²) in [6.45, 7) is 4.12. The molecule has 54 valence electrons. The minimum atomic E-state index is 0.363. The van der Waals surface area contributed by atoms with Gasteiger partial charge in [-0.3, -0.25) is 0 Å². The SMILES string of the molecule is CC(C)O[C@H]1C[C@H](N)C1. The molecule has 0 aromatic carbocycles. The second kappa shape index (κ2) is 2.67. The van der Waals surface area contributed by atoms with Crippen LogP contribution in [0.15, 0.2) is 0 Å². The number of hydrogen-bond acceptors (Lipinski definition) is 2. The van der Waals surface area contributed by atoms with Crippen molar-refractivity contribution in [1.82, 2.24) is 0 Å². The fourth-order valence-electron chi connectivity index (χ4n) is 1.10. The monoisotopic (exact) mass is 129 g/mol. The summed E-state index contributed by atoms with van der Waals surface area (Å²) < 4.78 is 5.48. The maximum absolute atomic E-state index is 5.56. The van der Waals surface area contributed by atoms with Gasteiger partial charge < -0.3 is 10.5 Å². The minimum absolute atomic E-state index is 0.363. The number of hydrogen-bond donors (Lipinski definition) is 1. The van der Waals surface area contributed by atoms with Gasteiger partial charge in [-0.05, 0) is 26.7 Å². The van der Waals surface area contributed by atoms with Crippen LogP contribution in [0.25, 0.3) is 0 Å². The molecule has 1 saturated carbocycles. The first-order valence-corrected chi connectivity index (χ1v) is 3.59. The van der Waals surface area contributed by atoms with E-state index in [1.54, 1.807) is 0 Å². The lowest BCUT2D eigenvalue weighted by Crippen LogP contribution is -2.42. The molecular weight excluding hydrogens is 114 g/mol. The molecule has 0 atom stereocenters. The van der Waals surface area contributed by atoms with Gasteiger partial charge in [0.25, 0.3) is 0 Å². The topological polar surface area (TPSA) is 35.2 Å². The molecule has 0 bridgehead atoms. The Morgan fingerprint density at radius 3 is 2.33 bits per heavy atom. The standard InChI is InChI=1S/C7H15NO/c1-5(2)9-7-3-6(8)4-7/h5-7H,3-4,8H2,1-2H3/t6-,7-. The summed E-state index contributed by atoms with van der Waals surface area (Å²) in [6, 6.07) is 0.411. The highest BCUT2D eigenvalue weighted by atomic mass is 16.5. The van der Waals surface area contributed by atoms with E-state index in [1.165, 1.54) is 0 Å². The van der Waals surface area contributed by atoms with Crippen molar-refractivity contribution in [2.45, 2.75) is 44.9 Å². The van der Waals surface area contributed by atoms with E-state index in [9.17, 15) is 0 Å². The van der Waals surface area contributed by atoms with E-state index in [0.29, 0.717) is 18.2 Å². The second-order valence-corrected chi connectivity index (χ2v) is 3.04. The third kappa shape index (κ3) is 1.95. The van der Waals surface area contributed by atoms with Crippen LogP contribution < -0.4 is 5.73 Å². The van der Waals surface area contributed by atoms with Crippen molar-refractivity contribution >= 4 is 0 Å². The lowest BCUT2D eigenvalue weighted by Gasteiger charge is -2.33. The first-order valence-electron chi connectivity index (χ1n) is 3.59. The Hall–Kier alpha value is -0.0800. The molecule has 0 radical (unpaired) electrons. The van der Waals surface area contributed by atoms with Crippen LogP contribution in [0.5, 0.6) is 0 Å². The Bertz CT molecular complexity index is 86.9. The molecule has 1 rings (SSSR count). The summed E-state index contributed by atoms with van der Waals surface area (Å²) in [7, 11) is 0. The van der Waals surface area contributed by atoms with E-state index >= 15 is 0 Å². The van der Waals surface area contributed by atoms with Gasteiger partial charge in [-0.15, -0.1) is 0 Å². The molecule has 0 aliphatic heterocycles. The highest BCUT2D eigenvalue weighted by Gasteiger charge is 2.26. The van der Waals surface area contributed by atoms with Crippen LogP contribution in [0, 0.1) is 0 Å². The third-order valence-corrected chi connectivity index (χ3v) is 1.60. The summed E-state index contributed by atoms with van der Waals surface area (Å²) in [6.07, 6.45) is 2.93. The van der Waals surface area contributed by atoms with Crippen molar-refractivity contribution in [2.24, 2.45) is 5.73 Å². The summed E-state index contributed by atoms with van der Waals surface area (Å²) in [4.78, 5) is 0. The van der Waals surface area contributed by atoms with Gasteiger partial charge in [0.15, 0.2) is 0 Å². The molecule has 0 heterocycles. The highest BCUT2D eigenvalue weighted by Crippen LogP contribution is 2.22. The molecule has 1 aliphatic carbocycles. The van der Waals surface area contributed by atoms with Crippen molar-refractivity contribution in [3.05, 3.63) is 0 Å². The average Bonchev–Trinajstić information content (AvgIpc) is 1.60. The highest BCUT2D eigenvalue weighted by molar-refractivity contribution is 4.83. The van der Waals surface area contributed by atoms with Crippen molar-refractivity contribution in [1.29, 1.82) is 0 Å². The first-order chi connectivity index (χ1) is 4.18. The lowest BCUT2D eigenvalue weighted by molar-refractivity contribution is -0.0432. The van der Waals surface area contributed by atoms with E-state index in [1.807, 2.05) is 0 Å². The zero-order chi connectivity index (χ0) is 6.85. The van der Waals surface area contributed by atoms with Gasteiger partial charge in [0.1, 0.15) is 0 Å². The van der Waals surface area contributed by atoms with Gasteiger partial charge in [-0.2, -0.15) is 0 Å². The molecular formula is C7H15NO.